The number of nitrogens with zero attached hydrogens (tertiary/aromatic N) is 1. The smallest absolute Gasteiger partial charge is 0.246 e. The molecule has 4 nitrogen and oxygen atoms in total. The minimum atomic E-state index is -4.25. The van der Waals surface area contributed by atoms with Gasteiger partial charge in [0.05, 0.1) is 6.10 Å². The van der Waals surface area contributed by atoms with Crippen molar-refractivity contribution in [3.63, 3.8) is 0 Å². The molecule has 2 rings (SSSR count). The highest BCUT2D eigenvalue weighted by atomic mass is 32.2. The van der Waals surface area contributed by atoms with E-state index in [4.69, 9.17) is 0 Å². The number of hydrogen-bond acceptors (Lipinski definition) is 3. The number of halogens is 3. The quantitative estimate of drug-likeness (QED) is 0.842. The predicted octanol–water partition coefficient (Wildman–Crippen LogP) is 1.50. The van der Waals surface area contributed by atoms with Crippen molar-refractivity contribution in [2.24, 2.45) is 5.92 Å². The van der Waals surface area contributed by atoms with E-state index in [1.165, 1.54) is 0 Å². The lowest BCUT2D eigenvalue weighted by molar-refractivity contribution is 0.0628. The molecule has 1 aromatic carbocycles. The summed E-state index contributed by atoms with van der Waals surface area (Å²) in [6.07, 6.45) is -0.414. The van der Waals surface area contributed by atoms with Gasteiger partial charge in [-0.2, -0.15) is 4.31 Å². The van der Waals surface area contributed by atoms with E-state index in [0.29, 0.717) is 12.1 Å². The van der Waals surface area contributed by atoms with Crippen LogP contribution in [0.25, 0.3) is 0 Å². The summed E-state index contributed by atoms with van der Waals surface area (Å²) in [5, 5.41) is 9.56. The van der Waals surface area contributed by atoms with Gasteiger partial charge >= 0.3 is 0 Å². The molecule has 1 aromatic rings. The predicted molar refractivity (Wildman–Crippen MR) is 64.9 cm³/mol. The van der Waals surface area contributed by atoms with E-state index in [1.54, 1.807) is 6.92 Å². The fourth-order valence-corrected chi connectivity index (χ4v) is 3.77. The van der Waals surface area contributed by atoms with Crippen molar-refractivity contribution in [1.82, 2.24) is 4.31 Å². The average Bonchev–Trinajstić information content (AvgIpc) is 2.38. The normalized spacial score (nSPS) is 24.9. The van der Waals surface area contributed by atoms with Gasteiger partial charge in [0.25, 0.3) is 0 Å². The third-order valence-corrected chi connectivity index (χ3v) is 5.32. The molecule has 20 heavy (non-hydrogen) atoms. The molecule has 112 valence electrons. The number of aliphatic hydroxyl groups excluding tert-OH is 1. The standard InChI is InChI=1S/C12H14F3NO3S/c1-7-6-16(5-4-9(7)17)20(18,19)10-3-2-8(13)11(14)12(10)15/h2-3,7,9,17H,4-6H2,1H3. The highest BCUT2D eigenvalue weighted by molar-refractivity contribution is 7.89. The Balaban J connectivity index is 2.39. The zero-order valence-corrected chi connectivity index (χ0v) is 11.5. The van der Waals surface area contributed by atoms with E-state index in [9.17, 15) is 26.7 Å². The largest absolute Gasteiger partial charge is 0.393 e. The van der Waals surface area contributed by atoms with Gasteiger partial charge in [-0.25, -0.2) is 21.6 Å². The zero-order valence-electron chi connectivity index (χ0n) is 10.7. The highest BCUT2D eigenvalue weighted by Crippen LogP contribution is 2.27. The second-order valence-electron chi connectivity index (χ2n) is 4.87. The van der Waals surface area contributed by atoms with Gasteiger partial charge in [0.15, 0.2) is 17.5 Å². The van der Waals surface area contributed by atoms with Crippen molar-refractivity contribution in [3.05, 3.63) is 29.6 Å². The molecule has 1 aliphatic heterocycles. The van der Waals surface area contributed by atoms with Crippen LogP contribution in [-0.4, -0.2) is 37.0 Å². The van der Waals surface area contributed by atoms with Gasteiger partial charge < -0.3 is 5.11 Å². The Kier molecular flexibility index (Phi) is 4.08. The zero-order chi connectivity index (χ0) is 15.1. The fourth-order valence-electron chi connectivity index (χ4n) is 2.16. The molecular weight excluding hydrogens is 295 g/mol. The maximum absolute atomic E-state index is 13.6. The third kappa shape index (κ3) is 2.55. The van der Waals surface area contributed by atoms with Gasteiger partial charge in [-0.3, -0.25) is 0 Å². The Hall–Kier alpha value is -1.12. The first-order chi connectivity index (χ1) is 9.25. The maximum Gasteiger partial charge on any atom is 0.246 e. The molecule has 1 saturated heterocycles. The lowest BCUT2D eigenvalue weighted by Gasteiger charge is -2.33. The molecule has 0 spiro atoms. The topological polar surface area (TPSA) is 57.6 Å². The second-order valence-corrected chi connectivity index (χ2v) is 6.78. The van der Waals surface area contributed by atoms with Crippen molar-refractivity contribution >= 4 is 10.0 Å². The van der Waals surface area contributed by atoms with Gasteiger partial charge in [-0.05, 0) is 24.5 Å². The van der Waals surface area contributed by atoms with Crippen LogP contribution in [0.15, 0.2) is 17.0 Å². The molecule has 1 fully saturated rings. The third-order valence-electron chi connectivity index (χ3n) is 3.44. The number of benzene rings is 1. The lowest BCUT2D eigenvalue weighted by Crippen LogP contribution is -2.45. The van der Waals surface area contributed by atoms with Crippen molar-refractivity contribution in [2.75, 3.05) is 13.1 Å². The van der Waals surface area contributed by atoms with Gasteiger partial charge in [0.1, 0.15) is 4.90 Å². The molecule has 0 aromatic heterocycles. The molecule has 1 N–H and O–H groups in total. The summed E-state index contributed by atoms with van der Waals surface area (Å²) < 4.78 is 65.1. The molecule has 2 unspecified atom stereocenters. The van der Waals surface area contributed by atoms with Crippen LogP contribution in [0.4, 0.5) is 13.2 Å². The van der Waals surface area contributed by atoms with Crippen LogP contribution in [0.3, 0.4) is 0 Å². The van der Waals surface area contributed by atoms with Crippen molar-refractivity contribution in [1.29, 1.82) is 0 Å². The monoisotopic (exact) mass is 309 g/mol. The number of sulfonamides is 1. The van der Waals surface area contributed by atoms with E-state index >= 15 is 0 Å². The van der Waals surface area contributed by atoms with E-state index in [0.717, 1.165) is 4.31 Å². The minimum Gasteiger partial charge on any atom is -0.393 e. The number of hydrogen-bond donors (Lipinski definition) is 1. The first kappa shape index (κ1) is 15.3. The summed E-state index contributed by atoms with van der Waals surface area (Å²) in [5.74, 6) is -5.28. The van der Waals surface area contributed by atoms with Crippen molar-refractivity contribution in [3.8, 4) is 0 Å². The Bertz CT molecular complexity index is 621. The van der Waals surface area contributed by atoms with Gasteiger partial charge in [-0.15, -0.1) is 0 Å². The Morgan fingerprint density at radius 1 is 1.25 bits per heavy atom. The molecule has 2 atom stereocenters. The van der Waals surface area contributed by atoms with Crippen LogP contribution < -0.4 is 0 Å². The van der Waals surface area contributed by atoms with Crippen LogP contribution >= 0.6 is 0 Å². The van der Waals surface area contributed by atoms with E-state index < -0.39 is 38.5 Å². The van der Waals surface area contributed by atoms with Crippen LogP contribution in [0.2, 0.25) is 0 Å². The molecule has 0 amide bonds. The molecule has 0 radical (unpaired) electrons. The molecular formula is C12H14F3NO3S. The van der Waals surface area contributed by atoms with Crippen LogP contribution in [0, 0.1) is 23.4 Å². The summed E-state index contributed by atoms with van der Waals surface area (Å²) in [6.45, 7) is 1.67. The Labute approximate surface area is 114 Å². The summed E-state index contributed by atoms with van der Waals surface area (Å²) in [4.78, 5) is -0.889. The van der Waals surface area contributed by atoms with Crippen LogP contribution in [0.5, 0.6) is 0 Å². The maximum atomic E-state index is 13.6. The van der Waals surface area contributed by atoms with Gasteiger partial charge in [0, 0.05) is 13.1 Å². The molecule has 1 heterocycles. The van der Waals surface area contributed by atoms with Gasteiger partial charge in [0.2, 0.25) is 10.0 Å². The number of piperidine rings is 1. The fraction of sp³-hybridized carbons (Fsp3) is 0.500. The average molecular weight is 309 g/mol. The molecule has 0 saturated carbocycles. The second kappa shape index (κ2) is 5.34. The lowest BCUT2D eigenvalue weighted by atomic mass is 9.99. The summed E-state index contributed by atoms with van der Waals surface area (Å²) in [5.41, 5.74) is 0. The first-order valence-electron chi connectivity index (χ1n) is 6.07. The Morgan fingerprint density at radius 2 is 1.90 bits per heavy atom. The Morgan fingerprint density at radius 3 is 2.50 bits per heavy atom. The molecule has 1 aliphatic rings. The van der Waals surface area contributed by atoms with Crippen molar-refractivity contribution in [2.45, 2.75) is 24.3 Å². The summed E-state index contributed by atoms with van der Waals surface area (Å²) in [7, 11) is -4.25. The first-order valence-corrected chi connectivity index (χ1v) is 7.51. The van der Waals surface area contributed by atoms with E-state index in [-0.39, 0.29) is 25.4 Å². The highest BCUT2D eigenvalue weighted by Gasteiger charge is 2.35. The molecule has 0 bridgehead atoms. The van der Waals surface area contributed by atoms with E-state index in [1.807, 2.05) is 0 Å². The van der Waals surface area contributed by atoms with Crippen molar-refractivity contribution < 1.29 is 26.7 Å². The number of aliphatic hydroxyl groups is 1. The van der Waals surface area contributed by atoms with Crippen LogP contribution in [-0.2, 0) is 10.0 Å². The molecule has 0 aliphatic carbocycles. The minimum absolute atomic E-state index is 0.00192. The SMILES string of the molecule is CC1CN(S(=O)(=O)c2ccc(F)c(F)c2F)CCC1O. The number of rotatable bonds is 2. The van der Waals surface area contributed by atoms with Crippen LogP contribution in [0.1, 0.15) is 13.3 Å². The summed E-state index contributed by atoms with van der Waals surface area (Å²) >= 11 is 0. The van der Waals surface area contributed by atoms with Gasteiger partial charge in [-0.1, -0.05) is 6.92 Å². The van der Waals surface area contributed by atoms with E-state index in [2.05, 4.69) is 0 Å². The molecule has 8 heteroatoms. The summed E-state index contributed by atoms with van der Waals surface area (Å²) in [6, 6.07) is 1.28.